The third-order valence-electron chi connectivity index (χ3n) is 2.33. The van der Waals surface area contributed by atoms with Gasteiger partial charge >= 0.3 is 0 Å². The Hall–Kier alpha value is -1.03. The molecule has 1 aromatic heterocycles. The highest BCUT2D eigenvalue weighted by molar-refractivity contribution is 5.18. The van der Waals surface area contributed by atoms with E-state index in [1.165, 1.54) is 6.07 Å². The third-order valence-corrected chi connectivity index (χ3v) is 2.33. The van der Waals surface area contributed by atoms with Crippen molar-refractivity contribution in [3.05, 3.63) is 29.6 Å². The van der Waals surface area contributed by atoms with Crippen LogP contribution in [0.3, 0.4) is 0 Å². The Balaban J connectivity index is 2.28. The predicted octanol–water partition coefficient (Wildman–Crippen LogP) is 1.77. The molecule has 4 heteroatoms. The molecule has 1 saturated carbocycles. The Morgan fingerprint density at radius 3 is 2.62 bits per heavy atom. The summed E-state index contributed by atoms with van der Waals surface area (Å²) in [6, 6.07) is 2.19. The molecule has 2 N–H and O–H groups in total. The molecule has 2 nitrogen and oxygen atoms in total. The van der Waals surface area contributed by atoms with Gasteiger partial charge in [0, 0.05) is 11.6 Å². The van der Waals surface area contributed by atoms with Gasteiger partial charge in [0.25, 0.3) is 0 Å². The molecule has 2 rings (SSSR count). The molecule has 0 aliphatic heterocycles. The Labute approximate surface area is 74.8 Å². The molecule has 70 valence electrons. The second kappa shape index (κ2) is 3.03. The number of aromatic nitrogens is 1. The van der Waals surface area contributed by atoms with Crippen molar-refractivity contribution >= 4 is 0 Å². The van der Waals surface area contributed by atoms with Crippen molar-refractivity contribution in [2.75, 3.05) is 0 Å². The highest BCUT2D eigenvalue weighted by atomic mass is 19.1. The molecule has 0 aromatic carbocycles. The Morgan fingerprint density at radius 1 is 1.38 bits per heavy atom. The standard InChI is InChI=1S/C9H10F2N2/c10-7-4-3-6(9(11)13-7)8(12)5-1-2-5/h3-5,8H,1-2,12H2. The van der Waals surface area contributed by atoms with Gasteiger partial charge in [-0.2, -0.15) is 13.8 Å². The van der Waals surface area contributed by atoms with Gasteiger partial charge in [-0.25, -0.2) is 0 Å². The van der Waals surface area contributed by atoms with E-state index < -0.39 is 11.9 Å². The average Bonchev–Trinajstić information content (AvgIpc) is 2.85. The zero-order chi connectivity index (χ0) is 9.42. The van der Waals surface area contributed by atoms with E-state index in [0.717, 1.165) is 18.9 Å². The van der Waals surface area contributed by atoms with Crippen molar-refractivity contribution in [1.82, 2.24) is 4.98 Å². The summed E-state index contributed by atoms with van der Waals surface area (Å²) < 4.78 is 25.5. The van der Waals surface area contributed by atoms with Crippen LogP contribution >= 0.6 is 0 Å². The van der Waals surface area contributed by atoms with Gasteiger partial charge in [-0.05, 0) is 30.9 Å². The summed E-state index contributed by atoms with van der Waals surface area (Å²) in [7, 11) is 0. The first kappa shape index (κ1) is 8.56. The molecule has 1 aliphatic rings. The fourth-order valence-electron chi connectivity index (χ4n) is 1.38. The minimum Gasteiger partial charge on any atom is -0.324 e. The number of nitrogens with two attached hydrogens (primary N) is 1. The minimum atomic E-state index is -0.802. The molecule has 1 heterocycles. The summed E-state index contributed by atoms with van der Waals surface area (Å²) in [6.07, 6.45) is 2.05. The van der Waals surface area contributed by atoms with Gasteiger partial charge in [-0.1, -0.05) is 0 Å². The summed E-state index contributed by atoms with van der Waals surface area (Å²) in [4.78, 5) is 3.09. The molecule has 13 heavy (non-hydrogen) atoms. The van der Waals surface area contributed by atoms with Gasteiger partial charge in [0.2, 0.25) is 11.9 Å². The van der Waals surface area contributed by atoms with Crippen LogP contribution in [0.2, 0.25) is 0 Å². The van der Waals surface area contributed by atoms with E-state index in [0.29, 0.717) is 11.5 Å². The number of rotatable bonds is 2. The van der Waals surface area contributed by atoms with Crippen molar-refractivity contribution in [1.29, 1.82) is 0 Å². The second-order valence-corrected chi connectivity index (χ2v) is 3.38. The van der Waals surface area contributed by atoms with E-state index >= 15 is 0 Å². The Morgan fingerprint density at radius 2 is 2.08 bits per heavy atom. The van der Waals surface area contributed by atoms with Crippen LogP contribution in [0, 0.1) is 17.8 Å². The molecular weight excluding hydrogens is 174 g/mol. The monoisotopic (exact) mass is 184 g/mol. The minimum absolute atomic E-state index is 0.323. The fraction of sp³-hybridized carbons (Fsp3) is 0.444. The average molecular weight is 184 g/mol. The first-order valence-corrected chi connectivity index (χ1v) is 4.26. The number of hydrogen-bond acceptors (Lipinski definition) is 2. The first-order chi connectivity index (χ1) is 6.18. The van der Waals surface area contributed by atoms with Crippen LogP contribution in [0.15, 0.2) is 12.1 Å². The Kier molecular flexibility index (Phi) is 2.00. The summed E-state index contributed by atoms with van der Waals surface area (Å²) in [6.45, 7) is 0. The lowest BCUT2D eigenvalue weighted by atomic mass is 10.1. The molecule has 1 unspecified atom stereocenters. The fourth-order valence-corrected chi connectivity index (χ4v) is 1.38. The molecule has 0 bridgehead atoms. The van der Waals surface area contributed by atoms with Crippen LogP contribution < -0.4 is 5.73 Å². The highest BCUT2D eigenvalue weighted by Gasteiger charge is 2.31. The summed E-state index contributed by atoms with van der Waals surface area (Å²) >= 11 is 0. The van der Waals surface area contributed by atoms with Crippen molar-refractivity contribution in [3.63, 3.8) is 0 Å². The first-order valence-electron chi connectivity index (χ1n) is 4.26. The van der Waals surface area contributed by atoms with Crippen molar-refractivity contribution in [2.45, 2.75) is 18.9 Å². The second-order valence-electron chi connectivity index (χ2n) is 3.38. The molecule has 1 aromatic rings. The zero-order valence-corrected chi connectivity index (χ0v) is 7.00. The SMILES string of the molecule is NC(c1ccc(F)nc1F)C1CC1. The number of nitrogens with zero attached hydrogens (tertiary/aromatic N) is 1. The van der Waals surface area contributed by atoms with Gasteiger partial charge in [-0.3, -0.25) is 0 Å². The van der Waals surface area contributed by atoms with Crippen molar-refractivity contribution in [2.24, 2.45) is 11.7 Å². The van der Waals surface area contributed by atoms with E-state index in [9.17, 15) is 8.78 Å². The normalized spacial score (nSPS) is 18.7. The Bertz CT molecular complexity index is 323. The lowest BCUT2D eigenvalue weighted by Crippen LogP contribution is -2.15. The smallest absolute Gasteiger partial charge is 0.220 e. The summed E-state index contributed by atoms with van der Waals surface area (Å²) in [5.74, 6) is -1.23. The predicted molar refractivity (Wildman–Crippen MR) is 43.8 cm³/mol. The molecule has 1 fully saturated rings. The van der Waals surface area contributed by atoms with Crippen LogP contribution in [0.5, 0.6) is 0 Å². The lowest BCUT2D eigenvalue weighted by molar-refractivity contribution is 0.482. The molecule has 0 spiro atoms. The summed E-state index contributed by atoms with van der Waals surface area (Å²) in [5.41, 5.74) is 6.07. The maximum absolute atomic E-state index is 13.1. The molecule has 1 aliphatic carbocycles. The van der Waals surface area contributed by atoms with Crippen LogP contribution in [0.4, 0.5) is 8.78 Å². The topological polar surface area (TPSA) is 38.9 Å². The zero-order valence-electron chi connectivity index (χ0n) is 7.00. The van der Waals surface area contributed by atoms with Crippen LogP contribution in [0.25, 0.3) is 0 Å². The largest absolute Gasteiger partial charge is 0.324 e. The summed E-state index contributed by atoms with van der Waals surface area (Å²) in [5, 5.41) is 0. The van der Waals surface area contributed by atoms with Crippen LogP contribution in [-0.2, 0) is 0 Å². The van der Waals surface area contributed by atoms with Crippen LogP contribution in [-0.4, -0.2) is 4.98 Å². The van der Waals surface area contributed by atoms with Gasteiger partial charge in [0.15, 0.2) is 0 Å². The maximum atomic E-state index is 13.1. The van der Waals surface area contributed by atoms with Crippen LogP contribution in [0.1, 0.15) is 24.4 Å². The number of hydrogen-bond donors (Lipinski definition) is 1. The number of halogens is 2. The van der Waals surface area contributed by atoms with Crippen molar-refractivity contribution < 1.29 is 8.78 Å². The molecular formula is C9H10F2N2. The quantitative estimate of drug-likeness (QED) is 0.711. The van der Waals surface area contributed by atoms with E-state index in [2.05, 4.69) is 4.98 Å². The van der Waals surface area contributed by atoms with Gasteiger partial charge in [0.1, 0.15) is 0 Å². The van der Waals surface area contributed by atoms with Gasteiger partial charge in [0.05, 0.1) is 0 Å². The lowest BCUT2D eigenvalue weighted by Gasteiger charge is -2.10. The maximum Gasteiger partial charge on any atom is 0.220 e. The molecule has 0 amide bonds. The molecule has 0 saturated heterocycles. The number of pyridine rings is 1. The van der Waals surface area contributed by atoms with Crippen molar-refractivity contribution in [3.8, 4) is 0 Å². The molecule has 0 radical (unpaired) electrons. The van der Waals surface area contributed by atoms with E-state index in [1.807, 2.05) is 0 Å². The van der Waals surface area contributed by atoms with E-state index in [4.69, 9.17) is 5.73 Å². The van der Waals surface area contributed by atoms with E-state index in [1.54, 1.807) is 0 Å². The van der Waals surface area contributed by atoms with Gasteiger partial charge in [-0.15, -0.1) is 0 Å². The molecule has 1 atom stereocenters. The van der Waals surface area contributed by atoms with E-state index in [-0.39, 0.29) is 6.04 Å². The third kappa shape index (κ3) is 1.67. The highest BCUT2D eigenvalue weighted by Crippen LogP contribution is 2.39. The van der Waals surface area contributed by atoms with Gasteiger partial charge < -0.3 is 5.73 Å².